The van der Waals surface area contributed by atoms with Crippen LogP contribution in [0.2, 0.25) is 0 Å². The van der Waals surface area contributed by atoms with Crippen LogP contribution in [0.4, 0.5) is 0 Å². The summed E-state index contributed by atoms with van der Waals surface area (Å²) in [6.45, 7) is 0. The fourth-order valence-corrected chi connectivity index (χ4v) is 3.62. The summed E-state index contributed by atoms with van der Waals surface area (Å²) in [7, 11) is -1.80. The fraction of sp³-hybridized carbons (Fsp3) is 0.600. The van der Waals surface area contributed by atoms with Gasteiger partial charge in [-0.15, -0.1) is 0 Å². The lowest BCUT2D eigenvalue weighted by atomic mass is 9.89. The first-order valence-electron chi connectivity index (χ1n) is 7.02. The monoisotopic (exact) mass is 298 g/mol. The van der Waals surface area contributed by atoms with Gasteiger partial charge in [-0.05, 0) is 24.5 Å². The van der Waals surface area contributed by atoms with Crippen molar-refractivity contribution in [2.24, 2.45) is 0 Å². The molecule has 20 heavy (non-hydrogen) atoms. The number of hydrogen-bond donors (Lipinski definition) is 0. The van der Waals surface area contributed by atoms with Gasteiger partial charge in [0.05, 0.1) is 19.5 Å². The van der Waals surface area contributed by atoms with E-state index in [1.54, 1.807) is 7.11 Å². The van der Waals surface area contributed by atoms with Crippen LogP contribution in [0.5, 0.6) is 5.75 Å². The lowest BCUT2D eigenvalue weighted by Crippen LogP contribution is -2.24. The molecule has 0 heterocycles. The van der Waals surface area contributed by atoms with Gasteiger partial charge in [0.1, 0.15) is 5.75 Å². The molecule has 4 nitrogen and oxygen atoms in total. The molecule has 1 aliphatic rings. The largest absolute Gasteiger partial charge is 0.496 e. The third kappa shape index (κ3) is 3.96. The summed E-state index contributed by atoms with van der Waals surface area (Å²) in [4.78, 5) is 0. The number of hydrogen-bond acceptors (Lipinski definition) is 4. The SMILES string of the molecule is COc1ccccc1[C@@H]1CCCCC[C@H]1OS(C)(=O)=O. The summed E-state index contributed by atoms with van der Waals surface area (Å²) in [5.74, 6) is 0.880. The van der Waals surface area contributed by atoms with Crippen LogP contribution in [0.3, 0.4) is 0 Å². The Hall–Kier alpha value is -1.07. The van der Waals surface area contributed by atoms with Crippen LogP contribution in [0.1, 0.15) is 43.6 Å². The molecular weight excluding hydrogens is 276 g/mol. The summed E-state index contributed by atoms with van der Waals surface area (Å²) < 4.78 is 33.7. The van der Waals surface area contributed by atoms with Crippen LogP contribution in [0.15, 0.2) is 24.3 Å². The van der Waals surface area contributed by atoms with Gasteiger partial charge in [-0.2, -0.15) is 8.42 Å². The fourth-order valence-electron chi connectivity index (χ4n) is 2.94. The number of benzene rings is 1. The third-order valence-electron chi connectivity index (χ3n) is 3.79. The maximum atomic E-state index is 11.5. The molecule has 2 atom stereocenters. The third-order valence-corrected chi connectivity index (χ3v) is 4.39. The zero-order valence-corrected chi connectivity index (χ0v) is 12.9. The summed E-state index contributed by atoms with van der Waals surface area (Å²) in [6.07, 6.45) is 5.75. The second-order valence-corrected chi connectivity index (χ2v) is 6.93. The molecule has 5 heteroatoms. The van der Waals surface area contributed by atoms with E-state index in [4.69, 9.17) is 8.92 Å². The molecule has 0 saturated heterocycles. The zero-order chi connectivity index (χ0) is 14.6. The minimum atomic E-state index is -3.44. The molecule has 1 aromatic rings. The van der Waals surface area contributed by atoms with Gasteiger partial charge in [0.2, 0.25) is 0 Å². The highest BCUT2D eigenvalue weighted by molar-refractivity contribution is 7.86. The van der Waals surface area contributed by atoms with Crippen LogP contribution in [0, 0.1) is 0 Å². The van der Waals surface area contributed by atoms with Gasteiger partial charge in [0, 0.05) is 5.92 Å². The van der Waals surface area contributed by atoms with Gasteiger partial charge in [-0.25, -0.2) is 0 Å². The molecule has 0 amide bonds. The van der Waals surface area contributed by atoms with Gasteiger partial charge in [0.15, 0.2) is 0 Å². The molecule has 1 aromatic carbocycles. The van der Waals surface area contributed by atoms with Crippen molar-refractivity contribution in [2.45, 2.75) is 44.1 Å². The molecule has 112 valence electrons. The van der Waals surface area contributed by atoms with E-state index in [-0.39, 0.29) is 12.0 Å². The van der Waals surface area contributed by atoms with E-state index in [9.17, 15) is 8.42 Å². The zero-order valence-electron chi connectivity index (χ0n) is 12.0. The van der Waals surface area contributed by atoms with Crippen molar-refractivity contribution in [3.8, 4) is 5.75 Å². The van der Waals surface area contributed by atoms with E-state index in [1.807, 2.05) is 24.3 Å². The standard InChI is InChI=1S/C15H22O4S/c1-18-14-10-7-6-9-12(14)13-8-4-3-5-11-15(13)19-20(2,16)17/h6-7,9-10,13,15H,3-5,8,11H2,1-2H3/t13-,15+/m0/s1. The van der Waals surface area contributed by atoms with E-state index < -0.39 is 10.1 Å². The first-order valence-corrected chi connectivity index (χ1v) is 8.84. The van der Waals surface area contributed by atoms with Crippen molar-refractivity contribution in [3.05, 3.63) is 29.8 Å². The van der Waals surface area contributed by atoms with Crippen molar-refractivity contribution in [1.29, 1.82) is 0 Å². The van der Waals surface area contributed by atoms with E-state index in [2.05, 4.69) is 0 Å². The van der Waals surface area contributed by atoms with Crippen molar-refractivity contribution >= 4 is 10.1 Å². The van der Waals surface area contributed by atoms with E-state index in [1.165, 1.54) is 0 Å². The molecule has 0 N–H and O–H groups in total. The lowest BCUT2D eigenvalue weighted by molar-refractivity contribution is 0.168. The first-order chi connectivity index (χ1) is 9.51. The van der Waals surface area contributed by atoms with Crippen molar-refractivity contribution in [1.82, 2.24) is 0 Å². The maximum absolute atomic E-state index is 11.5. The molecule has 0 aliphatic heterocycles. The molecule has 0 unspecified atom stereocenters. The van der Waals surface area contributed by atoms with Crippen LogP contribution in [-0.2, 0) is 14.3 Å². The Morgan fingerprint density at radius 2 is 1.80 bits per heavy atom. The smallest absolute Gasteiger partial charge is 0.264 e. The van der Waals surface area contributed by atoms with Gasteiger partial charge >= 0.3 is 0 Å². The van der Waals surface area contributed by atoms with Crippen LogP contribution >= 0.6 is 0 Å². The topological polar surface area (TPSA) is 52.6 Å². The van der Waals surface area contributed by atoms with Crippen molar-refractivity contribution < 1.29 is 17.3 Å². The second kappa shape index (κ2) is 6.59. The molecule has 2 rings (SSSR count). The Bertz CT molecular complexity index is 539. The van der Waals surface area contributed by atoms with Crippen molar-refractivity contribution in [3.63, 3.8) is 0 Å². The highest BCUT2D eigenvalue weighted by Gasteiger charge is 2.30. The van der Waals surface area contributed by atoms with Crippen LogP contribution in [0.25, 0.3) is 0 Å². The van der Waals surface area contributed by atoms with Gasteiger partial charge < -0.3 is 4.74 Å². The highest BCUT2D eigenvalue weighted by atomic mass is 32.2. The van der Waals surface area contributed by atoms with Gasteiger partial charge in [-0.1, -0.05) is 37.5 Å². The average Bonchev–Trinajstić information content (AvgIpc) is 2.62. The number of rotatable bonds is 4. The first kappa shape index (κ1) is 15.3. The van der Waals surface area contributed by atoms with E-state index in [0.717, 1.165) is 49.7 Å². The van der Waals surface area contributed by atoms with E-state index >= 15 is 0 Å². The molecule has 0 bridgehead atoms. The summed E-state index contributed by atoms with van der Waals surface area (Å²) in [5, 5.41) is 0. The van der Waals surface area contributed by atoms with Crippen LogP contribution < -0.4 is 4.74 Å². The molecule has 0 aromatic heterocycles. The molecular formula is C15H22O4S. The summed E-state index contributed by atoms with van der Waals surface area (Å²) >= 11 is 0. The number of ether oxygens (including phenoxy) is 1. The minimum Gasteiger partial charge on any atom is -0.496 e. The quantitative estimate of drug-likeness (QED) is 0.633. The van der Waals surface area contributed by atoms with Crippen molar-refractivity contribution in [2.75, 3.05) is 13.4 Å². The molecule has 0 radical (unpaired) electrons. The Morgan fingerprint density at radius 3 is 2.50 bits per heavy atom. The lowest BCUT2D eigenvalue weighted by Gasteiger charge is -2.26. The Labute approximate surface area is 121 Å². The Balaban J connectivity index is 2.32. The molecule has 0 spiro atoms. The second-order valence-electron chi connectivity index (χ2n) is 5.33. The van der Waals surface area contributed by atoms with E-state index in [0.29, 0.717) is 0 Å². The van der Waals surface area contributed by atoms with Gasteiger partial charge in [0.25, 0.3) is 10.1 Å². The maximum Gasteiger partial charge on any atom is 0.264 e. The molecule has 1 saturated carbocycles. The average molecular weight is 298 g/mol. The number of para-hydroxylation sites is 1. The normalized spacial score (nSPS) is 24.1. The Kier molecular flexibility index (Phi) is 5.05. The predicted octanol–water partition coefficient (Wildman–Crippen LogP) is 3.09. The van der Waals surface area contributed by atoms with Gasteiger partial charge in [-0.3, -0.25) is 4.18 Å². The molecule has 1 aliphatic carbocycles. The Morgan fingerprint density at radius 1 is 1.10 bits per heavy atom. The number of methoxy groups -OCH3 is 1. The summed E-state index contributed by atoms with van der Waals surface area (Å²) in [6, 6.07) is 7.80. The minimum absolute atomic E-state index is 0.0726. The highest BCUT2D eigenvalue weighted by Crippen LogP contribution is 2.38. The predicted molar refractivity (Wildman–Crippen MR) is 78.5 cm³/mol. The molecule has 1 fully saturated rings. The van der Waals surface area contributed by atoms with Crippen LogP contribution in [-0.4, -0.2) is 27.9 Å². The summed E-state index contributed by atoms with van der Waals surface area (Å²) in [5.41, 5.74) is 1.05.